The van der Waals surface area contributed by atoms with E-state index in [1.54, 1.807) is 54.6 Å². The first-order chi connectivity index (χ1) is 14.8. The number of hydrogen-bond acceptors (Lipinski definition) is 4. The molecule has 0 spiro atoms. The lowest BCUT2D eigenvalue weighted by Crippen LogP contribution is -2.37. The Bertz CT molecular complexity index is 1150. The number of methoxy groups -OCH3 is 1. The Morgan fingerprint density at radius 1 is 1.03 bits per heavy atom. The summed E-state index contributed by atoms with van der Waals surface area (Å²) < 4.78 is 33.0. The van der Waals surface area contributed by atoms with Crippen LogP contribution >= 0.6 is 11.6 Å². The van der Waals surface area contributed by atoms with E-state index in [4.69, 9.17) is 16.3 Å². The molecule has 0 aromatic heterocycles. The van der Waals surface area contributed by atoms with Crippen LogP contribution in [0.15, 0.2) is 77.7 Å². The molecule has 1 N–H and O–H groups in total. The van der Waals surface area contributed by atoms with Crippen molar-refractivity contribution in [1.29, 1.82) is 0 Å². The molecule has 0 aliphatic rings. The van der Waals surface area contributed by atoms with E-state index in [9.17, 15) is 13.2 Å². The van der Waals surface area contributed by atoms with Crippen LogP contribution in [0.3, 0.4) is 0 Å². The second kappa shape index (κ2) is 9.96. The third kappa shape index (κ3) is 5.85. The molecule has 0 saturated carbocycles. The molecular formula is C23H23ClN2O4S. The molecule has 0 radical (unpaired) electrons. The van der Waals surface area contributed by atoms with Gasteiger partial charge in [-0.1, -0.05) is 48.0 Å². The highest BCUT2D eigenvalue weighted by Crippen LogP contribution is 2.26. The molecule has 0 unspecified atom stereocenters. The summed E-state index contributed by atoms with van der Waals surface area (Å²) in [5, 5.41) is 3.31. The first-order valence-electron chi connectivity index (χ1n) is 9.54. The Balaban J connectivity index is 1.88. The SMILES string of the molecule is COc1ccc(C)cc1NC(=O)CN(Cc1ccc(Cl)cc1)S(=O)(=O)c1ccccc1. The standard InChI is InChI=1S/C23H23ClN2O4S/c1-17-8-13-22(30-2)21(14-17)25-23(27)16-26(15-18-9-11-19(24)12-10-18)31(28,29)20-6-4-3-5-7-20/h3-14H,15-16H2,1-2H3,(H,25,27). The normalized spacial score (nSPS) is 11.4. The van der Waals surface area contributed by atoms with Gasteiger partial charge in [0, 0.05) is 11.6 Å². The van der Waals surface area contributed by atoms with Crippen LogP contribution in [0, 0.1) is 6.92 Å². The zero-order valence-electron chi connectivity index (χ0n) is 17.2. The van der Waals surface area contributed by atoms with Crippen molar-refractivity contribution >= 4 is 33.2 Å². The number of carbonyl (C=O) groups is 1. The van der Waals surface area contributed by atoms with Crippen molar-refractivity contribution in [2.45, 2.75) is 18.4 Å². The molecule has 6 nitrogen and oxygen atoms in total. The number of nitrogens with zero attached hydrogens (tertiary/aromatic N) is 1. The third-order valence-electron chi connectivity index (χ3n) is 4.60. The Kier molecular flexibility index (Phi) is 7.33. The molecule has 31 heavy (non-hydrogen) atoms. The number of sulfonamides is 1. The molecule has 0 heterocycles. The quantitative estimate of drug-likeness (QED) is 0.539. The van der Waals surface area contributed by atoms with Crippen LogP contribution in [-0.2, 0) is 21.4 Å². The fourth-order valence-electron chi connectivity index (χ4n) is 3.03. The van der Waals surface area contributed by atoms with Gasteiger partial charge in [-0.3, -0.25) is 4.79 Å². The van der Waals surface area contributed by atoms with Crippen LogP contribution in [0.1, 0.15) is 11.1 Å². The van der Waals surface area contributed by atoms with Gasteiger partial charge in [-0.2, -0.15) is 4.31 Å². The first-order valence-corrected chi connectivity index (χ1v) is 11.4. The number of aryl methyl sites for hydroxylation is 1. The first kappa shape index (κ1) is 22.8. The van der Waals surface area contributed by atoms with Crippen molar-refractivity contribution in [3.63, 3.8) is 0 Å². The van der Waals surface area contributed by atoms with Gasteiger partial charge in [-0.05, 0) is 54.4 Å². The van der Waals surface area contributed by atoms with Gasteiger partial charge < -0.3 is 10.1 Å². The maximum atomic E-state index is 13.3. The number of carbonyl (C=O) groups excluding carboxylic acids is 1. The monoisotopic (exact) mass is 458 g/mol. The second-order valence-corrected chi connectivity index (χ2v) is 9.34. The highest BCUT2D eigenvalue weighted by Gasteiger charge is 2.27. The number of hydrogen-bond donors (Lipinski definition) is 1. The fraction of sp³-hybridized carbons (Fsp3) is 0.174. The summed E-state index contributed by atoms with van der Waals surface area (Å²) in [5.74, 6) is 0.0199. The smallest absolute Gasteiger partial charge is 0.243 e. The van der Waals surface area contributed by atoms with Crippen LogP contribution in [-0.4, -0.2) is 32.3 Å². The lowest BCUT2D eigenvalue weighted by molar-refractivity contribution is -0.116. The minimum Gasteiger partial charge on any atom is -0.495 e. The molecule has 162 valence electrons. The number of halogens is 1. The zero-order valence-corrected chi connectivity index (χ0v) is 18.8. The summed E-state index contributed by atoms with van der Waals surface area (Å²) in [5.41, 5.74) is 2.13. The summed E-state index contributed by atoms with van der Waals surface area (Å²) in [7, 11) is -2.41. The summed E-state index contributed by atoms with van der Waals surface area (Å²) in [6.07, 6.45) is 0. The Morgan fingerprint density at radius 3 is 2.35 bits per heavy atom. The second-order valence-electron chi connectivity index (χ2n) is 6.96. The van der Waals surface area contributed by atoms with E-state index in [0.29, 0.717) is 22.0 Å². The van der Waals surface area contributed by atoms with E-state index in [-0.39, 0.29) is 18.0 Å². The lowest BCUT2D eigenvalue weighted by Gasteiger charge is -2.22. The number of benzene rings is 3. The maximum Gasteiger partial charge on any atom is 0.243 e. The number of ether oxygens (including phenoxy) is 1. The van der Waals surface area contributed by atoms with Gasteiger partial charge in [0.15, 0.2) is 0 Å². The van der Waals surface area contributed by atoms with Crippen molar-refractivity contribution in [1.82, 2.24) is 4.31 Å². The largest absolute Gasteiger partial charge is 0.495 e. The van der Waals surface area contributed by atoms with Crippen LogP contribution < -0.4 is 10.1 Å². The van der Waals surface area contributed by atoms with E-state index >= 15 is 0 Å². The minimum absolute atomic E-state index is 0.0206. The molecule has 3 aromatic rings. The van der Waals surface area contributed by atoms with Gasteiger partial charge in [0.1, 0.15) is 5.75 Å². The van der Waals surface area contributed by atoms with E-state index in [2.05, 4.69) is 5.32 Å². The van der Waals surface area contributed by atoms with Gasteiger partial charge in [-0.15, -0.1) is 0 Å². The van der Waals surface area contributed by atoms with Gasteiger partial charge in [0.2, 0.25) is 15.9 Å². The predicted octanol–water partition coefficient (Wildman–Crippen LogP) is 4.49. The summed E-state index contributed by atoms with van der Waals surface area (Å²) in [6, 6.07) is 20.2. The summed E-state index contributed by atoms with van der Waals surface area (Å²) in [6.45, 7) is 1.55. The molecule has 3 rings (SSSR count). The van der Waals surface area contributed by atoms with Crippen molar-refractivity contribution < 1.29 is 17.9 Å². The van der Waals surface area contributed by atoms with Crippen LogP contribution in [0.25, 0.3) is 0 Å². The highest BCUT2D eigenvalue weighted by atomic mass is 35.5. The van der Waals surface area contributed by atoms with Gasteiger partial charge in [0.05, 0.1) is 24.2 Å². The zero-order chi connectivity index (χ0) is 22.4. The average molecular weight is 459 g/mol. The molecule has 0 saturated heterocycles. The van der Waals surface area contributed by atoms with Gasteiger partial charge in [0.25, 0.3) is 0 Å². The summed E-state index contributed by atoms with van der Waals surface area (Å²) in [4.78, 5) is 12.9. The fourth-order valence-corrected chi connectivity index (χ4v) is 4.56. The molecule has 0 fully saturated rings. The maximum absolute atomic E-state index is 13.3. The third-order valence-corrected chi connectivity index (χ3v) is 6.66. The van der Waals surface area contributed by atoms with E-state index < -0.39 is 15.9 Å². The Labute approximate surface area is 187 Å². The lowest BCUT2D eigenvalue weighted by atomic mass is 10.2. The van der Waals surface area contributed by atoms with Crippen LogP contribution in [0.5, 0.6) is 5.75 Å². The highest BCUT2D eigenvalue weighted by molar-refractivity contribution is 7.89. The molecule has 3 aromatic carbocycles. The van der Waals surface area contributed by atoms with Crippen molar-refractivity contribution in [2.24, 2.45) is 0 Å². The van der Waals surface area contributed by atoms with E-state index in [0.717, 1.165) is 9.87 Å². The Hall–Kier alpha value is -2.87. The number of nitrogens with one attached hydrogen (secondary N) is 1. The van der Waals surface area contributed by atoms with Crippen molar-refractivity contribution in [3.8, 4) is 5.75 Å². The number of amides is 1. The molecule has 1 amide bonds. The Morgan fingerprint density at radius 2 is 1.71 bits per heavy atom. The van der Waals surface area contributed by atoms with E-state index in [1.807, 2.05) is 13.0 Å². The molecule has 0 atom stereocenters. The van der Waals surface area contributed by atoms with Gasteiger partial charge >= 0.3 is 0 Å². The molecule has 0 bridgehead atoms. The van der Waals surface area contributed by atoms with Crippen LogP contribution in [0.4, 0.5) is 5.69 Å². The molecule has 0 aliphatic heterocycles. The van der Waals surface area contributed by atoms with E-state index in [1.165, 1.54) is 19.2 Å². The minimum atomic E-state index is -3.91. The predicted molar refractivity (Wildman–Crippen MR) is 122 cm³/mol. The average Bonchev–Trinajstić information content (AvgIpc) is 2.75. The summed E-state index contributed by atoms with van der Waals surface area (Å²) >= 11 is 5.94. The van der Waals surface area contributed by atoms with Crippen molar-refractivity contribution in [2.75, 3.05) is 19.0 Å². The molecule has 0 aliphatic carbocycles. The molecular weight excluding hydrogens is 436 g/mol. The number of rotatable bonds is 8. The molecule has 8 heteroatoms. The topological polar surface area (TPSA) is 75.7 Å². The van der Waals surface area contributed by atoms with Gasteiger partial charge in [-0.25, -0.2) is 8.42 Å². The van der Waals surface area contributed by atoms with Crippen molar-refractivity contribution in [3.05, 3.63) is 88.9 Å². The number of anilines is 1. The van der Waals surface area contributed by atoms with Crippen LogP contribution in [0.2, 0.25) is 5.02 Å².